The van der Waals surface area contributed by atoms with Gasteiger partial charge in [0, 0.05) is 10.8 Å². The first kappa shape index (κ1) is 19.6. The predicted octanol–water partition coefficient (Wildman–Crippen LogP) is 7.72. The van der Waals surface area contributed by atoms with Crippen molar-refractivity contribution in [3.8, 4) is 10.4 Å². The quantitative estimate of drug-likeness (QED) is 0.414. The number of rotatable bonds is 6. The molecule has 0 bridgehead atoms. The fourth-order valence-electron chi connectivity index (χ4n) is 4.27. The van der Waals surface area contributed by atoms with Gasteiger partial charge in [0.05, 0.1) is 17.4 Å². The van der Waals surface area contributed by atoms with Crippen LogP contribution in [0.25, 0.3) is 20.5 Å². The van der Waals surface area contributed by atoms with Crippen molar-refractivity contribution in [2.45, 2.75) is 64.4 Å². The van der Waals surface area contributed by atoms with Gasteiger partial charge in [0.25, 0.3) is 0 Å². The third kappa shape index (κ3) is 4.01. The SMILES string of the molecule is CCCc1ccc(-c2cc3ccc(C4CCC(CCC)OC4)c(F)c3s2)cc1. The minimum Gasteiger partial charge on any atom is -0.378 e. The van der Waals surface area contributed by atoms with E-state index in [0.29, 0.717) is 12.7 Å². The van der Waals surface area contributed by atoms with Crippen LogP contribution in [0.1, 0.15) is 63.0 Å². The molecule has 3 heteroatoms. The molecule has 4 rings (SSSR count). The third-order valence-corrected chi connectivity index (χ3v) is 7.05. The summed E-state index contributed by atoms with van der Waals surface area (Å²) in [5, 5.41) is 1.000. The standard InChI is InChI=1S/C25H29FOS/c1-3-5-17-7-9-18(10-8-17)23-15-19-12-14-22(24(26)25(19)28-23)20-11-13-21(6-4-2)27-16-20/h7-10,12,14-15,20-21H,3-6,11,13,16H2,1-2H3. The summed E-state index contributed by atoms with van der Waals surface area (Å²) in [6, 6.07) is 14.9. The minimum absolute atomic E-state index is 0.0427. The summed E-state index contributed by atoms with van der Waals surface area (Å²) in [7, 11) is 0. The molecule has 1 fully saturated rings. The van der Waals surface area contributed by atoms with Gasteiger partial charge in [-0.3, -0.25) is 0 Å². The summed E-state index contributed by atoms with van der Waals surface area (Å²) in [5.74, 6) is 0.135. The van der Waals surface area contributed by atoms with Crippen LogP contribution in [-0.2, 0) is 11.2 Å². The average molecular weight is 397 g/mol. The van der Waals surface area contributed by atoms with Crippen LogP contribution in [0.2, 0.25) is 0 Å². The van der Waals surface area contributed by atoms with Crippen molar-refractivity contribution in [2.75, 3.05) is 6.61 Å². The first-order chi connectivity index (χ1) is 13.7. The Hall–Kier alpha value is -1.71. The van der Waals surface area contributed by atoms with Crippen LogP contribution >= 0.6 is 11.3 Å². The smallest absolute Gasteiger partial charge is 0.144 e. The van der Waals surface area contributed by atoms with Crippen molar-refractivity contribution in [3.05, 3.63) is 59.4 Å². The van der Waals surface area contributed by atoms with Gasteiger partial charge >= 0.3 is 0 Å². The molecular weight excluding hydrogens is 367 g/mol. The highest BCUT2D eigenvalue weighted by Crippen LogP contribution is 2.39. The number of hydrogen-bond acceptors (Lipinski definition) is 2. The number of halogens is 1. The lowest BCUT2D eigenvalue weighted by atomic mass is 9.89. The zero-order valence-corrected chi connectivity index (χ0v) is 17.7. The topological polar surface area (TPSA) is 9.23 Å². The second-order valence-electron chi connectivity index (χ2n) is 7.96. The molecule has 0 aliphatic carbocycles. The second-order valence-corrected chi connectivity index (χ2v) is 9.02. The van der Waals surface area contributed by atoms with Gasteiger partial charge in [-0.1, -0.05) is 63.1 Å². The van der Waals surface area contributed by atoms with Gasteiger partial charge in [-0.25, -0.2) is 4.39 Å². The van der Waals surface area contributed by atoms with Crippen molar-refractivity contribution >= 4 is 21.4 Å². The summed E-state index contributed by atoms with van der Waals surface area (Å²) in [4.78, 5) is 1.14. The van der Waals surface area contributed by atoms with Crippen LogP contribution in [0.3, 0.4) is 0 Å². The Labute approximate surface area is 171 Å². The molecular formula is C25H29FOS. The molecule has 28 heavy (non-hydrogen) atoms. The Balaban J connectivity index is 1.58. The molecule has 0 amide bonds. The number of thiophene rings is 1. The number of hydrogen-bond donors (Lipinski definition) is 0. The molecule has 2 aromatic carbocycles. The van der Waals surface area contributed by atoms with E-state index in [1.54, 1.807) is 11.3 Å². The van der Waals surface area contributed by atoms with Crippen LogP contribution in [0.15, 0.2) is 42.5 Å². The van der Waals surface area contributed by atoms with Crippen molar-refractivity contribution in [2.24, 2.45) is 0 Å². The zero-order chi connectivity index (χ0) is 19.5. The molecule has 1 aromatic heterocycles. The molecule has 0 saturated carbocycles. The van der Waals surface area contributed by atoms with E-state index >= 15 is 4.39 Å². The largest absolute Gasteiger partial charge is 0.378 e. The molecule has 2 heterocycles. The second kappa shape index (κ2) is 8.75. The van der Waals surface area contributed by atoms with Crippen LogP contribution in [0, 0.1) is 5.82 Å². The van der Waals surface area contributed by atoms with Crippen molar-refractivity contribution < 1.29 is 9.13 Å². The van der Waals surface area contributed by atoms with Crippen LogP contribution in [-0.4, -0.2) is 12.7 Å². The lowest BCUT2D eigenvalue weighted by Crippen LogP contribution is -2.25. The van der Waals surface area contributed by atoms with Gasteiger partial charge in [0.1, 0.15) is 5.82 Å². The maximum atomic E-state index is 15.3. The Morgan fingerprint density at radius 3 is 2.54 bits per heavy atom. The molecule has 0 N–H and O–H groups in total. The Morgan fingerprint density at radius 2 is 1.86 bits per heavy atom. The molecule has 3 aromatic rings. The summed E-state index contributed by atoms with van der Waals surface area (Å²) >= 11 is 1.57. The van der Waals surface area contributed by atoms with Crippen molar-refractivity contribution in [3.63, 3.8) is 0 Å². The van der Waals surface area contributed by atoms with E-state index in [0.717, 1.165) is 59.1 Å². The normalized spacial score (nSPS) is 20.0. The lowest BCUT2D eigenvalue weighted by Gasteiger charge is -2.29. The molecule has 1 saturated heterocycles. The minimum atomic E-state index is -0.0427. The molecule has 2 atom stereocenters. The lowest BCUT2D eigenvalue weighted by molar-refractivity contribution is -0.00167. The van der Waals surface area contributed by atoms with E-state index in [1.807, 2.05) is 6.07 Å². The predicted molar refractivity (Wildman–Crippen MR) is 118 cm³/mol. The van der Waals surface area contributed by atoms with Crippen LogP contribution < -0.4 is 0 Å². The maximum absolute atomic E-state index is 15.3. The van der Waals surface area contributed by atoms with E-state index in [9.17, 15) is 0 Å². The maximum Gasteiger partial charge on any atom is 0.144 e. The summed E-state index contributed by atoms with van der Waals surface area (Å²) in [5.41, 5.74) is 3.36. The zero-order valence-electron chi connectivity index (χ0n) is 16.8. The number of ether oxygens (including phenoxy) is 1. The van der Waals surface area contributed by atoms with Gasteiger partial charge < -0.3 is 4.74 Å². The van der Waals surface area contributed by atoms with Gasteiger partial charge in [-0.15, -0.1) is 11.3 Å². The van der Waals surface area contributed by atoms with E-state index in [-0.39, 0.29) is 11.7 Å². The number of benzene rings is 2. The van der Waals surface area contributed by atoms with Crippen molar-refractivity contribution in [1.82, 2.24) is 0 Å². The Kier molecular flexibility index (Phi) is 6.13. The highest BCUT2D eigenvalue weighted by atomic mass is 32.1. The van der Waals surface area contributed by atoms with E-state index in [2.05, 4.69) is 50.2 Å². The summed E-state index contributed by atoms with van der Waals surface area (Å²) in [6.45, 7) is 5.03. The van der Waals surface area contributed by atoms with E-state index in [1.165, 1.54) is 11.1 Å². The van der Waals surface area contributed by atoms with Crippen LogP contribution in [0.4, 0.5) is 4.39 Å². The van der Waals surface area contributed by atoms with E-state index in [4.69, 9.17) is 4.74 Å². The van der Waals surface area contributed by atoms with Gasteiger partial charge in [-0.2, -0.15) is 0 Å². The Morgan fingerprint density at radius 1 is 1.04 bits per heavy atom. The molecule has 1 nitrogen and oxygen atoms in total. The average Bonchev–Trinajstić information content (AvgIpc) is 3.16. The fourth-order valence-corrected chi connectivity index (χ4v) is 5.38. The first-order valence-electron chi connectivity index (χ1n) is 10.6. The van der Waals surface area contributed by atoms with Gasteiger partial charge in [0.15, 0.2) is 0 Å². The third-order valence-electron chi connectivity index (χ3n) is 5.85. The summed E-state index contributed by atoms with van der Waals surface area (Å²) < 4.78 is 22.1. The number of fused-ring (bicyclic) bond motifs is 1. The molecule has 2 unspecified atom stereocenters. The molecule has 148 valence electrons. The summed E-state index contributed by atoms with van der Waals surface area (Å²) in [6.07, 6.45) is 6.93. The van der Waals surface area contributed by atoms with Gasteiger partial charge in [0.2, 0.25) is 0 Å². The first-order valence-corrected chi connectivity index (χ1v) is 11.4. The monoisotopic (exact) mass is 396 g/mol. The van der Waals surface area contributed by atoms with Crippen LogP contribution in [0.5, 0.6) is 0 Å². The molecule has 1 aliphatic heterocycles. The molecule has 0 spiro atoms. The highest BCUT2D eigenvalue weighted by molar-refractivity contribution is 7.22. The Bertz CT molecular complexity index is 920. The van der Waals surface area contributed by atoms with Gasteiger partial charge in [-0.05, 0) is 53.8 Å². The highest BCUT2D eigenvalue weighted by Gasteiger charge is 2.25. The molecule has 1 aliphatic rings. The molecule has 0 radical (unpaired) electrons. The van der Waals surface area contributed by atoms with Crippen molar-refractivity contribution in [1.29, 1.82) is 0 Å². The number of aryl methyl sites for hydroxylation is 1. The van der Waals surface area contributed by atoms with E-state index < -0.39 is 0 Å². The fraction of sp³-hybridized carbons (Fsp3) is 0.440.